The zero-order valence-electron chi connectivity index (χ0n) is 37.1. The number of rotatable bonds is 15. The Morgan fingerprint density at radius 3 is 2.39 bits per heavy atom. The maximum absolute atomic E-state index is 14.3. The number of amides is 2. The van der Waals surface area contributed by atoms with Gasteiger partial charge < -0.3 is 24.2 Å². The van der Waals surface area contributed by atoms with Crippen LogP contribution in [0.2, 0.25) is 0 Å². The number of methoxy groups -OCH3 is 1. The van der Waals surface area contributed by atoms with Crippen LogP contribution in [-0.2, 0) is 26.3 Å². The third-order valence-corrected chi connectivity index (χ3v) is 11.2. The largest absolute Gasteiger partial charge is 0.497 e. The van der Waals surface area contributed by atoms with Gasteiger partial charge in [-0.25, -0.2) is 19.4 Å². The van der Waals surface area contributed by atoms with Gasteiger partial charge in [0.15, 0.2) is 17.5 Å². The number of carbonyl (C=O) groups is 3. The molecule has 0 bridgehead atoms. The fourth-order valence-corrected chi connectivity index (χ4v) is 7.93. The van der Waals surface area contributed by atoms with Crippen LogP contribution in [0.1, 0.15) is 93.8 Å². The molecule has 1 aliphatic rings. The van der Waals surface area contributed by atoms with Crippen LogP contribution in [0.25, 0.3) is 17.8 Å². The molecule has 0 unspecified atom stereocenters. The fourth-order valence-electron chi connectivity index (χ4n) is 7.00. The summed E-state index contributed by atoms with van der Waals surface area (Å²) in [4.78, 5) is 64.9. The lowest BCUT2D eigenvalue weighted by atomic mass is 9.93. The molecule has 4 aromatic heterocycles. The van der Waals surface area contributed by atoms with Crippen molar-refractivity contribution < 1.29 is 28.3 Å². The Labute approximate surface area is 365 Å². The number of hydrogen-bond donors (Lipinski definition) is 2. The second-order valence-electron chi connectivity index (χ2n) is 18.3. The predicted octanol–water partition coefficient (Wildman–Crippen LogP) is 5.06. The number of hydrogen-bond acceptors (Lipinski definition) is 13. The van der Waals surface area contributed by atoms with Gasteiger partial charge in [-0.3, -0.25) is 24.1 Å². The number of nitrogens with one attached hydrogen (secondary N) is 2. The molecule has 62 heavy (non-hydrogen) atoms. The van der Waals surface area contributed by atoms with Gasteiger partial charge in [-0.15, -0.1) is 16.4 Å². The summed E-state index contributed by atoms with van der Waals surface area (Å²) < 4.78 is 14.2. The summed E-state index contributed by atoms with van der Waals surface area (Å²) in [5.41, 5.74) is 1.76. The summed E-state index contributed by atoms with van der Waals surface area (Å²) in [5.74, 6) is 1.08. The van der Waals surface area contributed by atoms with Crippen molar-refractivity contribution >= 4 is 57.9 Å². The molecule has 17 nitrogen and oxygen atoms in total. The quantitative estimate of drug-likeness (QED) is 0.105. The van der Waals surface area contributed by atoms with Gasteiger partial charge in [0, 0.05) is 42.1 Å². The lowest BCUT2D eigenvalue weighted by molar-refractivity contribution is -0.881. The molecule has 18 heteroatoms. The summed E-state index contributed by atoms with van der Waals surface area (Å²) in [6, 6.07) is 10.8. The summed E-state index contributed by atoms with van der Waals surface area (Å²) in [7, 11) is 5.49. The summed E-state index contributed by atoms with van der Waals surface area (Å²) in [6.07, 6.45) is 6.70. The monoisotopic (exact) mass is 868 g/mol. The van der Waals surface area contributed by atoms with Gasteiger partial charge in [-0.1, -0.05) is 32.9 Å². The minimum atomic E-state index is -0.556. The first-order chi connectivity index (χ1) is 29.3. The van der Waals surface area contributed by atoms with Crippen LogP contribution in [0, 0.1) is 5.92 Å². The second kappa shape index (κ2) is 18.9. The number of piperidine rings is 1. The van der Waals surface area contributed by atoms with E-state index in [2.05, 4.69) is 56.8 Å². The lowest BCUT2D eigenvalue weighted by Gasteiger charge is -2.33. The summed E-state index contributed by atoms with van der Waals surface area (Å²) >= 11 is 1.36. The second-order valence-corrected chi connectivity index (χ2v) is 19.2. The van der Waals surface area contributed by atoms with Crippen molar-refractivity contribution in [2.24, 2.45) is 5.92 Å². The minimum Gasteiger partial charge on any atom is -0.497 e. The van der Waals surface area contributed by atoms with Crippen LogP contribution < -0.4 is 25.8 Å². The molecular formula is C44H58N11O6S+. The van der Waals surface area contributed by atoms with Crippen LogP contribution >= 0.6 is 11.3 Å². The normalized spacial score (nSPS) is 14.0. The van der Waals surface area contributed by atoms with Crippen LogP contribution in [0.3, 0.4) is 0 Å². The van der Waals surface area contributed by atoms with Crippen molar-refractivity contribution in [3.8, 4) is 5.75 Å². The van der Waals surface area contributed by atoms with Crippen molar-refractivity contribution in [2.45, 2.75) is 78.4 Å². The number of esters is 1. The Bertz CT molecular complexity index is 2470. The Balaban J connectivity index is 1.19. The number of aromatic nitrogens is 7. The molecule has 6 rings (SSSR count). The molecule has 5 aromatic rings. The molecule has 5 heterocycles. The lowest BCUT2D eigenvalue weighted by Crippen LogP contribution is -2.49. The van der Waals surface area contributed by atoms with E-state index in [1.807, 2.05) is 64.5 Å². The van der Waals surface area contributed by atoms with E-state index in [1.165, 1.54) is 15.7 Å². The van der Waals surface area contributed by atoms with Crippen molar-refractivity contribution in [1.29, 1.82) is 0 Å². The van der Waals surface area contributed by atoms with Crippen LogP contribution in [0.4, 0.5) is 10.9 Å². The molecule has 330 valence electrons. The van der Waals surface area contributed by atoms with Crippen molar-refractivity contribution in [2.75, 3.05) is 64.1 Å². The van der Waals surface area contributed by atoms with Gasteiger partial charge in [-0.2, -0.15) is 0 Å². The van der Waals surface area contributed by atoms with E-state index < -0.39 is 5.60 Å². The highest BCUT2D eigenvalue weighted by molar-refractivity contribution is 7.14. The number of ether oxygens (including phenoxy) is 2. The fraction of sp³-hybridized carbons (Fsp3) is 0.477. The smallest absolute Gasteiger partial charge is 0.362 e. The van der Waals surface area contributed by atoms with Gasteiger partial charge in [0.1, 0.15) is 22.8 Å². The molecule has 2 amide bonds. The van der Waals surface area contributed by atoms with Gasteiger partial charge in [0.25, 0.3) is 11.5 Å². The van der Waals surface area contributed by atoms with Gasteiger partial charge in [0.2, 0.25) is 5.91 Å². The Morgan fingerprint density at radius 1 is 1.00 bits per heavy atom. The molecule has 1 aliphatic heterocycles. The number of fused-ring (bicyclic) bond motifs is 1. The van der Waals surface area contributed by atoms with Crippen molar-refractivity contribution in [3.63, 3.8) is 0 Å². The molecule has 1 saturated heterocycles. The average molecular weight is 869 g/mol. The topological polar surface area (TPSA) is 188 Å². The van der Waals surface area contributed by atoms with Gasteiger partial charge in [0.05, 0.1) is 52.1 Å². The number of thiazole rings is 1. The molecule has 0 saturated carbocycles. The number of anilines is 2. The Morgan fingerprint density at radius 2 is 1.73 bits per heavy atom. The van der Waals surface area contributed by atoms with Crippen molar-refractivity contribution in [1.82, 2.24) is 39.9 Å². The molecule has 1 aromatic carbocycles. The van der Waals surface area contributed by atoms with Gasteiger partial charge in [-0.05, 0) is 91.9 Å². The maximum atomic E-state index is 14.3. The molecule has 2 N–H and O–H groups in total. The minimum absolute atomic E-state index is 0.0445. The number of tetrazole rings is 1. The van der Waals surface area contributed by atoms with E-state index in [-0.39, 0.29) is 41.2 Å². The standard InChI is InChI=1S/C44H57N11O6S/c1-43(2,3)34-28-62-42(46-34)48-40(58)31-18-22-53-36(25-31)47-39(33(41(53)59)14-15-35-49-50-51-54(35)26-30-10-12-32(60-9)13-11-30)52-20-16-29(17-21-52)24-37(56)45-19-23-55(7,8)27-38(57)61-44(4,5)6/h10-15,18,22,25,28-29H,16-17,19-21,23-24,26-27H2,1-9H3,(H-,45,46,48,56,58)/p+1. The number of carbonyl (C=O) groups excluding carboxylic acids is 3. The van der Waals surface area contributed by atoms with Crippen LogP contribution in [0.5, 0.6) is 5.75 Å². The maximum Gasteiger partial charge on any atom is 0.362 e. The highest BCUT2D eigenvalue weighted by Crippen LogP contribution is 2.29. The van der Waals surface area contributed by atoms with E-state index in [0.717, 1.165) is 17.0 Å². The van der Waals surface area contributed by atoms with Gasteiger partial charge >= 0.3 is 5.97 Å². The number of nitrogens with zero attached hydrogens (tertiary/aromatic N) is 9. The Hall–Kier alpha value is -6.01. The first kappa shape index (κ1) is 45.5. The zero-order chi connectivity index (χ0) is 44.8. The van der Waals surface area contributed by atoms with Crippen molar-refractivity contribution in [3.05, 3.63) is 86.5 Å². The zero-order valence-corrected chi connectivity index (χ0v) is 37.9. The van der Waals surface area contributed by atoms with E-state index in [9.17, 15) is 19.2 Å². The van der Waals surface area contributed by atoms with Crippen LogP contribution in [0.15, 0.2) is 52.8 Å². The molecular weight excluding hydrogens is 811 g/mol. The predicted molar refractivity (Wildman–Crippen MR) is 239 cm³/mol. The first-order valence-corrected chi connectivity index (χ1v) is 21.6. The molecule has 0 radical (unpaired) electrons. The van der Waals surface area contributed by atoms with Crippen LogP contribution in [-0.4, -0.2) is 116 Å². The van der Waals surface area contributed by atoms with E-state index in [1.54, 1.807) is 42.3 Å². The molecule has 0 spiro atoms. The molecule has 0 atom stereocenters. The summed E-state index contributed by atoms with van der Waals surface area (Å²) in [5, 5.41) is 20.6. The number of pyridine rings is 1. The third-order valence-electron chi connectivity index (χ3n) is 10.5. The highest BCUT2D eigenvalue weighted by atomic mass is 32.1. The van der Waals surface area contributed by atoms with E-state index in [0.29, 0.717) is 90.0 Å². The Kier molecular flexibility index (Phi) is 13.9. The van der Waals surface area contributed by atoms with E-state index in [4.69, 9.17) is 14.5 Å². The number of quaternary nitrogens is 1. The molecule has 0 aliphatic carbocycles. The summed E-state index contributed by atoms with van der Waals surface area (Å²) in [6.45, 7) is 14.4. The molecule has 1 fully saturated rings. The SMILES string of the molecule is COc1ccc(Cn2nnnc2C=Cc2c(N3CCC(CC(=O)NCC[N+](C)(C)CC(=O)OC(C)(C)C)CC3)nc3cc(C(=O)Nc4nc(C(C)(C)C)cs4)ccn3c2=O)cc1. The third kappa shape index (κ3) is 12.1. The number of benzene rings is 1. The average Bonchev–Trinajstić information content (AvgIpc) is 3.86. The van der Waals surface area contributed by atoms with E-state index >= 15 is 0 Å². The number of likely N-dealkylation sites (N-methyl/N-ethyl adjacent to an activating group) is 1. The highest BCUT2D eigenvalue weighted by Gasteiger charge is 2.28. The first-order valence-electron chi connectivity index (χ1n) is 20.7.